The van der Waals surface area contributed by atoms with E-state index in [0.717, 1.165) is 11.3 Å². The number of hydrogen-bond acceptors (Lipinski definition) is 1. The van der Waals surface area contributed by atoms with Crippen LogP contribution in [0.5, 0.6) is 5.75 Å². The summed E-state index contributed by atoms with van der Waals surface area (Å²) < 4.78 is 5.30. The third kappa shape index (κ3) is 4.56. The first kappa shape index (κ1) is 12.2. The van der Waals surface area contributed by atoms with Gasteiger partial charge in [0.25, 0.3) is 0 Å². The van der Waals surface area contributed by atoms with Gasteiger partial charge in [-0.2, -0.15) is 0 Å². The number of benzene rings is 1. The van der Waals surface area contributed by atoms with E-state index in [0.29, 0.717) is 12.7 Å². The fourth-order valence-corrected chi connectivity index (χ4v) is 3.19. The molecule has 0 aliphatic carbocycles. The Morgan fingerprint density at radius 1 is 1.14 bits per heavy atom. The van der Waals surface area contributed by atoms with Crippen molar-refractivity contribution in [3.8, 4) is 5.75 Å². The zero-order valence-corrected chi connectivity index (χ0v) is 11.0. The molecule has 0 spiro atoms. The van der Waals surface area contributed by atoms with Crippen LogP contribution < -0.4 is 4.74 Å². The molecule has 0 heterocycles. The molecule has 1 nitrogen and oxygen atoms in total. The summed E-state index contributed by atoms with van der Waals surface area (Å²) in [5.74, 6) is 0.849. The molecule has 1 aromatic rings. The van der Waals surface area contributed by atoms with Crippen molar-refractivity contribution in [3.05, 3.63) is 29.8 Å². The predicted octanol–water partition coefficient (Wildman–Crippen LogP) is 3.82. The summed E-state index contributed by atoms with van der Waals surface area (Å²) >= 11 is 17.4. The molecule has 0 N–H and O–H groups in total. The van der Waals surface area contributed by atoms with Crippen molar-refractivity contribution in [2.75, 3.05) is 6.61 Å². The van der Waals surface area contributed by atoms with Crippen LogP contribution in [0.25, 0.3) is 0 Å². The summed E-state index contributed by atoms with van der Waals surface area (Å²) in [7, 11) is 0. The molecule has 1 rings (SSSR count). The largest absolute Gasteiger partial charge is 0.494 e. The zero-order chi connectivity index (χ0) is 10.6. The second-order valence-corrected chi connectivity index (χ2v) is 12.0. The van der Waals surface area contributed by atoms with Gasteiger partial charge in [0.05, 0.1) is 6.61 Å². The average Bonchev–Trinajstić information content (AvgIpc) is 2.06. The van der Waals surface area contributed by atoms with Gasteiger partial charge >= 0.3 is 6.00 Å². The summed E-state index contributed by atoms with van der Waals surface area (Å²) in [5, 5.41) is 0. The van der Waals surface area contributed by atoms with Gasteiger partial charge in [0.2, 0.25) is 0 Å². The van der Waals surface area contributed by atoms with Crippen LogP contribution in [-0.2, 0) is 6.04 Å². The number of halogens is 3. The van der Waals surface area contributed by atoms with E-state index in [9.17, 15) is 0 Å². The van der Waals surface area contributed by atoms with Gasteiger partial charge in [0, 0.05) is 6.04 Å². The highest BCUT2D eigenvalue weighted by molar-refractivity contribution is 7.64. The van der Waals surface area contributed by atoms with E-state index in [2.05, 4.69) is 0 Å². The Hall–Kier alpha value is 0.107. The molecule has 14 heavy (non-hydrogen) atoms. The van der Waals surface area contributed by atoms with Crippen molar-refractivity contribution < 1.29 is 4.74 Å². The molecule has 0 aliphatic heterocycles. The van der Waals surface area contributed by atoms with Crippen LogP contribution in [0, 0.1) is 0 Å². The quantitative estimate of drug-likeness (QED) is 0.596. The summed E-state index contributed by atoms with van der Waals surface area (Å²) in [6, 6.07) is 5.63. The normalized spacial score (nSPS) is 11.4. The fraction of sp³-hybridized carbons (Fsp3) is 0.333. The van der Waals surface area contributed by atoms with E-state index < -0.39 is 6.00 Å². The van der Waals surface area contributed by atoms with E-state index in [1.54, 1.807) is 0 Å². The van der Waals surface area contributed by atoms with Gasteiger partial charge in [0.1, 0.15) is 5.75 Å². The van der Waals surface area contributed by atoms with Crippen molar-refractivity contribution in [1.29, 1.82) is 0 Å². The van der Waals surface area contributed by atoms with Crippen molar-refractivity contribution in [2.24, 2.45) is 0 Å². The SMILES string of the molecule is CCOc1ccc(C[Si](Cl)(Cl)Cl)cc1. The van der Waals surface area contributed by atoms with Crippen LogP contribution in [0.3, 0.4) is 0 Å². The summed E-state index contributed by atoms with van der Waals surface area (Å²) in [4.78, 5) is 0. The van der Waals surface area contributed by atoms with Gasteiger partial charge in [-0.3, -0.25) is 0 Å². The maximum atomic E-state index is 5.81. The Labute approximate surface area is 99.0 Å². The fourth-order valence-electron chi connectivity index (χ4n) is 1.10. The van der Waals surface area contributed by atoms with Gasteiger partial charge < -0.3 is 4.74 Å². The van der Waals surface area contributed by atoms with Crippen LogP contribution in [0.15, 0.2) is 24.3 Å². The Kier molecular flexibility index (Phi) is 4.58. The van der Waals surface area contributed by atoms with Crippen molar-refractivity contribution in [2.45, 2.75) is 13.0 Å². The minimum Gasteiger partial charge on any atom is -0.494 e. The molecule has 0 unspecified atom stereocenters. The molecule has 78 valence electrons. The molecule has 0 saturated heterocycles. The van der Waals surface area contributed by atoms with Crippen molar-refractivity contribution in [1.82, 2.24) is 0 Å². The zero-order valence-electron chi connectivity index (χ0n) is 7.77. The van der Waals surface area contributed by atoms with Gasteiger partial charge in [-0.1, -0.05) is 12.1 Å². The Morgan fingerprint density at radius 3 is 2.14 bits per heavy atom. The summed E-state index contributed by atoms with van der Waals surface area (Å²) in [5.41, 5.74) is 1.04. The Morgan fingerprint density at radius 2 is 1.71 bits per heavy atom. The van der Waals surface area contributed by atoms with E-state index >= 15 is 0 Å². The molecule has 0 saturated carbocycles. The minimum atomic E-state index is -2.56. The van der Waals surface area contributed by atoms with Crippen molar-refractivity contribution >= 4 is 39.2 Å². The first-order valence-electron chi connectivity index (χ1n) is 4.30. The monoisotopic (exact) mass is 268 g/mol. The second-order valence-electron chi connectivity index (χ2n) is 2.87. The van der Waals surface area contributed by atoms with Gasteiger partial charge in [-0.05, 0) is 24.6 Å². The Bertz CT molecular complexity index is 281. The first-order chi connectivity index (χ1) is 6.51. The molecule has 0 bridgehead atoms. The van der Waals surface area contributed by atoms with Crippen LogP contribution in [0.1, 0.15) is 12.5 Å². The molecule has 5 heteroatoms. The number of ether oxygens (including phenoxy) is 1. The maximum absolute atomic E-state index is 5.81. The lowest BCUT2D eigenvalue weighted by atomic mass is 10.2. The Balaban J connectivity index is 2.64. The predicted molar refractivity (Wildman–Crippen MR) is 64.6 cm³/mol. The molecular weight excluding hydrogens is 259 g/mol. The van der Waals surface area contributed by atoms with Gasteiger partial charge in [0.15, 0.2) is 0 Å². The molecule has 0 amide bonds. The lowest BCUT2D eigenvalue weighted by Crippen LogP contribution is -2.14. The summed E-state index contributed by atoms with van der Waals surface area (Å²) in [6.45, 7) is 2.61. The first-order valence-corrected chi connectivity index (χ1v) is 9.54. The van der Waals surface area contributed by atoms with Crippen LogP contribution in [0.2, 0.25) is 0 Å². The maximum Gasteiger partial charge on any atom is 0.345 e. The highest BCUT2D eigenvalue weighted by atomic mass is 35.8. The highest BCUT2D eigenvalue weighted by Crippen LogP contribution is 2.25. The van der Waals surface area contributed by atoms with Gasteiger partial charge in [-0.25, -0.2) is 0 Å². The number of hydrogen-bond donors (Lipinski definition) is 0. The van der Waals surface area contributed by atoms with Crippen LogP contribution >= 0.6 is 33.2 Å². The van der Waals surface area contributed by atoms with Gasteiger partial charge in [-0.15, -0.1) is 33.2 Å². The highest BCUT2D eigenvalue weighted by Gasteiger charge is 2.25. The van der Waals surface area contributed by atoms with E-state index in [1.165, 1.54) is 0 Å². The lowest BCUT2D eigenvalue weighted by molar-refractivity contribution is 0.340. The molecule has 0 aromatic heterocycles. The third-order valence-electron chi connectivity index (χ3n) is 1.64. The van der Waals surface area contributed by atoms with E-state index in [1.807, 2.05) is 31.2 Å². The smallest absolute Gasteiger partial charge is 0.345 e. The summed E-state index contributed by atoms with van der Waals surface area (Å²) in [6.07, 6.45) is 0. The molecule has 0 radical (unpaired) electrons. The molecule has 0 aliphatic rings. The van der Waals surface area contributed by atoms with E-state index in [-0.39, 0.29) is 0 Å². The third-order valence-corrected chi connectivity index (χ3v) is 3.65. The van der Waals surface area contributed by atoms with E-state index in [4.69, 9.17) is 38.0 Å². The standard InChI is InChI=1S/C9H11Cl3OSi/c1-2-13-9-5-3-8(4-6-9)7-14(10,11)12/h3-6H,2,7H2,1H3. The second kappa shape index (κ2) is 5.26. The molecule has 1 aromatic carbocycles. The minimum absolute atomic E-state index is 0.546. The topological polar surface area (TPSA) is 9.23 Å². The van der Waals surface area contributed by atoms with Crippen LogP contribution in [0.4, 0.5) is 0 Å². The van der Waals surface area contributed by atoms with Crippen LogP contribution in [-0.4, -0.2) is 12.6 Å². The van der Waals surface area contributed by atoms with Crippen molar-refractivity contribution in [3.63, 3.8) is 0 Å². The average molecular weight is 270 g/mol. The molecular formula is C9H11Cl3OSi. The molecule has 0 fully saturated rings. The lowest BCUT2D eigenvalue weighted by Gasteiger charge is -2.08. The molecule has 0 atom stereocenters. The number of rotatable bonds is 4.